The number of nitrogens with zero attached hydrogens (tertiary/aromatic N) is 1. The van der Waals surface area contributed by atoms with Crippen LogP contribution in [0, 0.1) is 10.1 Å². The van der Waals surface area contributed by atoms with Crippen molar-refractivity contribution in [1.29, 1.82) is 0 Å². The number of benzene rings is 3. The SMILES string of the molecule is CC[C@](Nc1cccc(-c2ccc([N+](=O)[O-])cc2)c1)(C(N)=O)C(=O)Cc1ccccc1. The van der Waals surface area contributed by atoms with Crippen molar-refractivity contribution in [2.45, 2.75) is 25.3 Å². The van der Waals surface area contributed by atoms with E-state index in [-0.39, 0.29) is 24.3 Å². The third-order valence-corrected chi connectivity index (χ3v) is 5.27. The molecule has 0 aliphatic heterocycles. The molecule has 0 heterocycles. The smallest absolute Gasteiger partial charge is 0.269 e. The number of nitro groups is 1. The molecule has 7 nitrogen and oxygen atoms in total. The summed E-state index contributed by atoms with van der Waals surface area (Å²) >= 11 is 0. The van der Waals surface area contributed by atoms with Gasteiger partial charge in [0.05, 0.1) is 4.92 Å². The number of ketones is 1. The fourth-order valence-corrected chi connectivity index (χ4v) is 3.46. The number of non-ortho nitro benzene ring substituents is 1. The molecule has 0 bridgehead atoms. The third kappa shape index (κ3) is 4.78. The molecule has 3 aromatic carbocycles. The molecule has 0 saturated carbocycles. The fraction of sp³-hybridized carbons (Fsp3) is 0.167. The highest BCUT2D eigenvalue weighted by molar-refractivity contribution is 6.13. The minimum absolute atomic E-state index is 0.00302. The number of anilines is 1. The molecular weight excluding hydrogens is 394 g/mol. The zero-order chi connectivity index (χ0) is 22.4. The van der Waals surface area contributed by atoms with E-state index in [0.29, 0.717) is 5.69 Å². The van der Waals surface area contributed by atoms with Crippen LogP contribution >= 0.6 is 0 Å². The zero-order valence-electron chi connectivity index (χ0n) is 17.1. The highest BCUT2D eigenvalue weighted by atomic mass is 16.6. The van der Waals surface area contributed by atoms with Gasteiger partial charge < -0.3 is 11.1 Å². The molecule has 0 spiro atoms. The molecule has 1 amide bonds. The number of amides is 1. The van der Waals surface area contributed by atoms with Crippen LogP contribution in [0.15, 0.2) is 78.9 Å². The van der Waals surface area contributed by atoms with E-state index >= 15 is 0 Å². The van der Waals surface area contributed by atoms with Gasteiger partial charge in [-0.05, 0) is 47.4 Å². The van der Waals surface area contributed by atoms with Gasteiger partial charge in [0.2, 0.25) is 0 Å². The van der Waals surface area contributed by atoms with Gasteiger partial charge in [-0.15, -0.1) is 0 Å². The molecule has 7 heteroatoms. The van der Waals surface area contributed by atoms with Crippen molar-refractivity contribution < 1.29 is 14.5 Å². The van der Waals surface area contributed by atoms with Crippen molar-refractivity contribution in [2.24, 2.45) is 5.73 Å². The summed E-state index contributed by atoms with van der Waals surface area (Å²) in [6.45, 7) is 1.74. The van der Waals surface area contributed by atoms with Gasteiger partial charge in [-0.25, -0.2) is 0 Å². The average Bonchev–Trinajstić information content (AvgIpc) is 2.78. The number of nitrogens with one attached hydrogen (secondary N) is 1. The molecule has 0 saturated heterocycles. The van der Waals surface area contributed by atoms with Crippen LogP contribution in [0.5, 0.6) is 0 Å². The number of hydrogen-bond donors (Lipinski definition) is 2. The standard InChI is InChI=1S/C24H23N3O4/c1-2-24(23(25)29,22(28)15-17-7-4-3-5-8-17)26-20-10-6-9-19(16-20)18-11-13-21(14-12-18)27(30)31/h3-14,16,26H,2,15H2,1H3,(H2,25,29)/t24-/m1/s1. The van der Waals surface area contributed by atoms with E-state index in [0.717, 1.165) is 16.7 Å². The van der Waals surface area contributed by atoms with Gasteiger partial charge >= 0.3 is 0 Å². The molecule has 1 atom stereocenters. The predicted molar refractivity (Wildman–Crippen MR) is 120 cm³/mol. The van der Waals surface area contributed by atoms with Crippen molar-refractivity contribution in [3.05, 3.63) is 94.5 Å². The first-order valence-corrected chi connectivity index (χ1v) is 9.86. The van der Waals surface area contributed by atoms with Gasteiger partial charge in [0.15, 0.2) is 11.3 Å². The molecule has 0 fully saturated rings. The van der Waals surface area contributed by atoms with Gasteiger partial charge in [0, 0.05) is 24.2 Å². The Labute approximate surface area is 180 Å². The molecule has 0 unspecified atom stereocenters. The van der Waals surface area contributed by atoms with Crippen molar-refractivity contribution in [1.82, 2.24) is 0 Å². The minimum Gasteiger partial charge on any atom is -0.367 e. The number of nitro benzene ring substituents is 1. The quantitative estimate of drug-likeness (QED) is 0.309. The topological polar surface area (TPSA) is 115 Å². The van der Waals surface area contributed by atoms with E-state index in [1.54, 1.807) is 37.3 Å². The number of primary amides is 1. The first-order valence-electron chi connectivity index (χ1n) is 9.86. The fourth-order valence-electron chi connectivity index (χ4n) is 3.46. The monoisotopic (exact) mass is 417 g/mol. The summed E-state index contributed by atoms with van der Waals surface area (Å²) in [5.74, 6) is -1.05. The highest BCUT2D eigenvalue weighted by Gasteiger charge is 2.42. The molecular formula is C24H23N3O4. The van der Waals surface area contributed by atoms with Crippen molar-refractivity contribution in [2.75, 3.05) is 5.32 Å². The second kappa shape index (κ2) is 9.21. The van der Waals surface area contributed by atoms with Crippen LogP contribution in [0.3, 0.4) is 0 Å². The number of rotatable bonds is 9. The molecule has 31 heavy (non-hydrogen) atoms. The van der Waals surface area contributed by atoms with Crippen LogP contribution in [-0.4, -0.2) is 22.2 Å². The summed E-state index contributed by atoms with van der Waals surface area (Å²) in [6.07, 6.45) is 0.266. The number of nitrogens with two attached hydrogens (primary N) is 1. The Bertz CT molecular complexity index is 1100. The van der Waals surface area contributed by atoms with E-state index in [2.05, 4.69) is 5.32 Å². The van der Waals surface area contributed by atoms with Crippen LogP contribution in [-0.2, 0) is 16.0 Å². The Morgan fingerprint density at radius 2 is 1.65 bits per heavy atom. The van der Waals surface area contributed by atoms with Gasteiger partial charge in [-0.3, -0.25) is 19.7 Å². The molecule has 0 aliphatic rings. The number of carbonyl (C=O) groups excluding carboxylic acids is 2. The van der Waals surface area contributed by atoms with E-state index in [9.17, 15) is 19.7 Å². The lowest BCUT2D eigenvalue weighted by atomic mass is 9.86. The van der Waals surface area contributed by atoms with Crippen molar-refractivity contribution in [3.63, 3.8) is 0 Å². The predicted octanol–water partition coefficient (Wildman–Crippen LogP) is 4.12. The summed E-state index contributed by atoms with van der Waals surface area (Å²) in [6, 6.07) is 22.5. The lowest BCUT2D eigenvalue weighted by Crippen LogP contribution is -2.56. The average molecular weight is 417 g/mol. The molecule has 0 aliphatic carbocycles. The van der Waals surface area contributed by atoms with Gasteiger partial charge in [-0.1, -0.05) is 49.4 Å². The maximum atomic E-state index is 13.1. The Morgan fingerprint density at radius 1 is 0.968 bits per heavy atom. The largest absolute Gasteiger partial charge is 0.367 e. The Hall–Kier alpha value is -4.00. The summed E-state index contributed by atoms with van der Waals surface area (Å²) in [4.78, 5) is 36.0. The van der Waals surface area contributed by atoms with E-state index in [4.69, 9.17) is 5.73 Å². The van der Waals surface area contributed by atoms with Crippen molar-refractivity contribution >= 4 is 23.1 Å². The number of Topliss-reactive ketones (excluding diaryl/α,β-unsaturated/α-hetero) is 1. The molecule has 0 aromatic heterocycles. The summed E-state index contributed by atoms with van der Waals surface area (Å²) in [5.41, 5.74) is 7.05. The summed E-state index contributed by atoms with van der Waals surface area (Å²) in [7, 11) is 0. The van der Waals surface area contributed by atoms with Crippen LogP contribution in [0.4, 0.5) is 11.4 Å². The molecule has 158 valence electrons. The van der Waals surface area contributed by atoms with Gasteiger partial charge in [0.1, 0.15) is 0 Å². The van der Waals surface area contributed by atoms with Gasteiger partial charge in [0.25, 0.3) is 11.6 Å². The maximum absolute atomic E-state index is 13.1. The zero-order valence-corrected chi connectivity index (χ0v) is 17.1. The third-order valence-electron chi connectivity index (χ3n) is 5.27. The Balaban J connectivity index is 1.89. The van der Waals surface area contributed by atoms with E-state index in [1.165, 1.54) is 12.1 Å². The summed E-state index contributed by atoms with van der Waals surface area (Å²) in [5, 5.41) is 13.9. The molecule has 3 aromatic rings. The first-order chi connectivity index (χ1) is 14.9. The van der Waals surface area contributed by atoms with Crippen molar-refractivity contribution in [3.8, 4) is 11.1 Å². The summed E-state index contributed by atoms with van der Waals surface area (Å²) < 4.78 is 0. The molecule has 0 radical (unpaired) electrons. The second-order valence-electron chi connectivity index (χ2n) is 7.22. The molecule has 3 N–H and O–H groups in total. The van der Waals surface area contributed by atoms with Crippen LogP contribution in [0.2, 0.25) is 0 Å². The van der Waals surface area contributed by atoms with Gasteiger partial charge in [-0.2, -0.15) is 0 Å². The lowest BCUT2D eigenvalue weighted by molar-refractivity contribution is -0.384. The first kappa shape index (κ1) is 21.7. The number of hydrogen-bond acceptors (Lipinski definition) is 5. The van der Waals surface area contributed by atoms with Crippen LogP contribution in [0.1, 0.15) is 18.9 Å². The lowest BCUT2D eigenvalue weighted by Gasteiger charge is -2.30. The number of carbonyl (C=O) groups is 2. The van der Waals surface area contributed by atoms with E-state index < -0.39 is 16.4 Å². The van der Waals surface area contributed by atoms with Crippen LogP contribution in [0.25, 0.3) is 11.1 Å². The van der Waals surface area contributed by atoms with Crippen LogP contribution < -0.4 is 11.1 Å². The normalized spacial score (nSPS) is 12.5. The van der Waals surface area contributed by atoms with E-state index in [1.807, 2.05) is 36.4 Å². The maximum Gasteiger partial charge on any atom is 0.269 e. The Kier molecular flexibility index (Phi) is 6.45. The highest BCUT2D eigenvalue weighted by Crippen LogP contribution is 2.28. The second-order valence-corrected chi connectivity index (χ2v) is 7.22. The molecule has 3 rings (SSSR count). The Morgan fingerprint density at radius 3 is 2.23 bits per heavy atom. The minimum atomic E-state index is -1.55.